The molecule has 0 fully saturated rings. The molecular weight excluding hydrogens is 331 g/mol. The Hall–Kier alpha value is -2.18. The summed E-state index contributed by atoms with van der Waals surface area (Å²) < 4.78 is 14.6. The Morgan fingerprint density at radius 3 is 2.62 bits per heavy atom. The maximum Gasteiger partial charge on any atom is 0.152 e. The summed E-state index contributed by atoms with van der Waals surface area (Å²) in [5.74, 6) is -0.512. The Labute approximate surface area is 143 Å². The predicted octanol–water partition coefficient (Wildman–Crippen LogP) is 3.67. The molecule has 5 nitrogen and oxygen atoms in total. The number of aryl methyl sites for hydroxylation is 1. The second kappa shape index (κ2) is 6.03. The molecule has 24 heavy (non-hydrogen) atoms. The fraction of sp³-hybridized carbons (Fsp3) is 0.294. The second-order valence-electron chi connectivity index (χ2n) is 6.01. The lowest BCUT2D eigenvalue weighted by molar-refractivity contribution is 0.0721. The van der Waals surface area contributed by atoms with Crippen molar-refractivity contribution in [1.82, 2.24) is 20.2 Å². The molecule has 0 aliphatic heterocycles. The standard InChI is InChI=1S/C17H16ClFN4O/c1-4-10-11-5-9(14-12(18)7-20-8-21-14)6-13(19)15(11)22-23-16(10)17(2,3)24/h5-8,24H,4H2,1-3H3. The van der Waals surface area contributed by atoms with Gasteiger partial charge in [-0.05, 0) is 38.0 Å². The number of halogens is 2. The van der Waals surface area contributed by atoms with Gasteiger partial charge in [0.15, 0.2) is 5.82 Å². The fourth-order valence-corrected chi connectivity index (χ4v) is 2.94. The maximum absolute atomic E-state index is 14.6. The minimum Gasteiger partial charge on any atom is -0.384 e. The van der Waals surface area contributed by atoms with Crippen LogP contribution in [0.3, 0.4) is 0 Å². The fourth-order valence-electron chi connectivity index (χ4n) is 2.73. The zero-order valence-corrected chi connectivity index (χ0v) is 14.3. The highest BCUT2D eigenvalue weighted by Gasteiger charge is 2.25. The van der Waals surface area contributed by atoms with Gasteiger partial charge in [-0.2, -0.15) is 5.10 Å². The molecule has 124 valence electrons. The van der Waals surface area contributed by atoms with Crippen molar-refractivity contribution in [1.29, 1.82) is 0 Å². The lowest BCUT2D eigenvalue weighted by Gasteiger charge is -2.20. The van der Waals surface area contributed by atoms with Crippen LogP contribution in [0, 0.1) is 5.82 Å². The largest absolute Gasteiger partial charge is 0.384 e. The van der Waals surface area contributed by atoms with Gasteiger partial charge in [0, 0.05) is 17.1 Å². The van der Waals surface area contributed by atoms with Crippen molar-refractivity contribution in [3.05, 3.63) is 46.8 Å². The normalized spacial score (nSPS) is 11.9. The monoisotopic (exact) mass is 346 g/mol. The molecule has 2 heterocycles. The number of fused-ring (bicyclic) bond motifs is 1. The number of aromatic nitrogens is 4. The van der Waals surface area contributed by atoms with Gasteiger partial charge in [0.25, 0.3) is 0 Å². The van der Waals surface area contributed by atoms with Gasteiger partial charge in [-0.3, -0.25) is 0 Å². The van der Waals surface area contributed by atoms with E-state index in [2.05, 4.69) is 20.2 Å². The number of rotatable bonds is 3. The molecule has 0 aliphatic carbocycles. The van der Waals surface area contributed by atoms with E-state index in [0.29, 0.717) is 33.8 Å². The Kier molecular flexibility index (Phi) is 4.19. The topological polar surface area (TPSA) is 71.8 Å². The molecule has 3 aromatic rings. The third kappa shape index (κ3) is 2.83. The van der Waals surface area contributed by atoms with Crippen LogP contribution in [0.25, 0.3) is 22.2 Å². The molecule has 0 radical (unpaired) electrons. The van der Waals surface area contributed by atoms with Crippen molar-refractivity contribution >= 4 is 22.5 Å². The highest BCUT2D eigenvalue weighted by atomic mass is 35.5. The number of aliphatic hydroxyl groups is 1. The minimum atomic E-state index is -1.18. The van der Waals surface area contributed by atoms with E-state index in [1.807, 2.05) is 6.92 Å². The molecular formula is C17H16ClFN4O. The molecule has 2 aromatic heterocycles. The maximum atomic E-state index is 14.6. The van der Waals surface area contributed by atoms with Crippen molar-refractivity contribution in [3.63, 3.8) is 0 Å². The van der Waals surface area contributed by atoms with Gasteiger partial charge in [0.2, 0.25) is 0 Å². The molecule has 1 N–H and O–H groups in total. The van der Waals surface area contributed by atoms with Crippen LogP contribution in [-0.2, 0) is 12.0 Å². The summed E-state index contributed by atoms with van der Waals surface area (Å²) in [5, 5.41) is 19.2. The van der Waals surface area contributed by atoms with Crippen molar-refractivity contribution in [2.45, 2.75) is 32.8 Å². The summed E-state index contributed by atoms with van der Waals surface area (Å²) in [6.07, 6.45) is 3.39. The van der Waals surface area contributed by atoms with Crippen LogP contribution in [0.2, 0.25) is 5.02 Å². The lowest BCUT2D eigenvalue weighted by Crippen LogP contribution is -2.21. The van der Waals surface area contributed by atoms with Crippen LogP contribution in [0.15, 0.2) is 24.7 Å². The average molecular weight is 347 g/mol. The van der Waals surface area contributed by atoms with E-state index in [0.717, 1.165) is 5.56 Å². The van der Waals surface area contributed by atoms with Crippen molar-refractivity contribution in [2.24, 2.45) is 0 Å². The van der Waals surface area contributed by atoms with E-state index in [1.165, 1.54) is 18.6 Å². The Morgan fingerprint density at radius 1 is 1.25 bits per heavy atom. The smallest absolute Gasteiger partial charge is 0.152 e. The van der Waals surface area contributed by atoms with Gasteiger partial charge in [-0.25, -0.2) is 14.4 Å². The van der Waals surface area contributed by atoms with E-state index in [4.69, 9.17) is 11.6 Å². The predicted molar refractivity (Wildman–Crippen MR) is 90.2 cm³/mol. The number of hydrogen-bond donors (Lipinski definition) is 1. The van der Waals surface area contributed by atoms with E-state index in [9.17, 15) is 9.50 Å². The molecule has 0 aliphatic rings. The molecule has 0 bridgehead atoms. The zero-order valence-electron chi connectivity index (χ0n) is 13.5. The van der Waals surface area contributed by atoms with Gasteiger partial charge >= 0.3 is 0 Å². The molecule has 0 spiro atoms. The van der Waals surface area contributed by atoms with Crippen molar-refractivity contribution < 1.29 is 9.50 Å². The van der Waals surface area contributed by atoms with E-state index in [1.54, 1.807) is 19.9 Å². The summed E-state index contributed by atoms with van der Waals surface area (Å²) in [7, 11) is 0. The Bertz CT molecular complexity index is 924. The van der Waals surface area contributed by atoms with Crippen LogP contribution < -0.4 is 0 Å². The molecule has 3 rings (SSSR count). The van der Waals surface area contributed by atoms with E-state index >= 15 is 0 Å². The third-order valence-electron chi connectivity index (χ3n) is 3.80. The summed E-state index contributed by atoms with van der Waals surface area (Å²) in [6, 6.07) is 3.10. The summed E-state index contributed by atoms with van der Waals surface area (Å²) >= 11 is 6.12. The molecule has 0 atom stereocenters. The zero-order chi connectivity index (χ0) is 17.5. The van der Waals surface area contributed by atoms with Crippen molar-refractivity contribution in [2.75, 3.05) is 0 Å². The van der Waals surface area contributed by atoms with Gasteiger partial charge in [-0.15, -0.1) is 5.10 Å². The SMILES string of the molecule is CCc1c(C(C)(C)O)nnc2c(F)cc(-c3ncncc3Cl)cc12. The number of nitrogens with zero attached hydrogens (tertiary/aromatic N) is 4. The Morgan fingerprint density at radius 2 is 2.00 bits per heavy atom. The molecule has 1 aromatic carbocycles. The third-order valence-corrected chi connectivity index (χ3v) is 4.08. The van der Waals surface area contributed by atoms with Gasteiger partial charge in [0.05, 0.1) is 16.4 Å². The summed E-state index contributed by atoms with van der Waals surface area (Å²) in [6.45, 7) is 5.18. The molecule has 7 heteroatoms. The summed E-state index contributed by atoms with van der Waals surface area (Å²) in [5.41, 5.74) is 1.13. The Balaban J connectivity index is 2.35. The van der Waals surface area contributed by atoms with Crippen molar-refractivity contribution in [3.8, 4) is 11.3 Å². The van der Waals surface area contributed by atoms with Gasteiger partial charge in [0.1, 0.15) is 17.4 Å². The highest BCUT2D eigenvalue weighted by Crippen LogP contribution is 2.33. The lowest BCUT2D eigenvalue weighted by atomic mass is 9.94. The number of benzene rings is 1. The first-order valence-electron chi connectivity index (χ1n) is 7.50. The van der Waals surface area contributed by atoms with Crippen LogP contribution >= 0.6 is 11.6 Å². The number of hydrogen-bond acceptors (Lipinski definition) is 5. The highest BCUT2D eigenvalue weighted by molar-refractivity contribution is 6.32. The van der Waals surface area contributed by atoms with Crippen LogP contribution in [0.4, 0.5) is 4.39 Å². The van der Waals surface area contributed by atoms with Crippen LogP contribution in [-0.4, -0.2) is 25.3 Å². The summed E-state index contributed by atoms with van der Waals surface area (Å²) in [4.78, 5) is 7.97. The first kappa shape index (κ1) is 16.7. The molecule has 0 amide bonds. The van der Waals surface area contributed by atoms with Crippen LogP contribution in [0.5, 0.6) is 0 Å². The van der Waals surface area contributed by atoms with E-state index < -0.39 is 11.4 Å². The van der Waals surface area contributed by atoms with Crippen LogP contribution in [0.1, 0.15) is 32.0 Å². The quantitative estimate of drug-likeness (QED) is 0.783. The average Bonchev–Trinajstić information content (AvgIpc) is 2.53. The second-order valence-corrected chi connectivity index (χ2v) is 6.42. The minimum absolute atomic E-state index is 0.161. The first-order chi connectivity index (χ1) is 11.3. The molecule has 0 saturated heterocycles. The first-order valence-corrected chi connectivity index (χ1v) is 7.88. The molecule has 0 unspecified atom stereocenters. The van der Waals surface area contributed by atoms with Gasteiger partial charge in [-0.1, -0.05) is 18.5 Å². The van der Waals surface area contributed by atoms with E-state index in [-0.39, 0.29) is 5.52 Å². The molecule has 0 saturated carbocycles. The van der Waals surface area contributed by atoms with Gasteiger partial charge < -0.3 is 5.11 Å².